The predicted octanol–water partition coefficient (Wildman–Crippen LogP) is 3.01. The highest BCUT2D eigenvalue weighted by molar-refractivity contribution is 5.84. The maximum absolute atomic E-state index is 12.1. The van der Waals surface area contributed by atoms with Crippen LogP contribution in [0.25, 0.3) is 0 Å². The fourth-order valence-corrected chi connectivity index (χ4v) is 3.78. The van der Waals surface area contributed by atoms with Crippen LogP contribution in [-0.2, 0) is 4.79 Å². The fourth-order valence-electron chi connectivity index (χ4n) is 3.78. The van der Waals surface area contributed by atoms with Crippen molar-refractivity contribution >= 4 is 5.78 Å². The number of ketones is 1. The lowest BCUT2D eigenvalue weighted by Gasteiger charge is -2.40. The van der Waals surface area contributed by atoms with E-state index in [0.717, 1.165) is 12.3 Å². The number of Topliss-reactive ketones (excluding diaryl/α,β-unsaturated/α-hetero) is 1. The normalized spacial score (nSPS) is 35.4. The van der Waals surface area contributed by atoms with Crippen LogP contribution in [0.4, 0.5) is 0 Å². The van der Waals surface area contributed by atoms with Crippen molar-refractivity contribution in [3.63, 3.8) is 0 Å². The minimum atomic E-state index is 0.138. The Morgan fingerprint density at radius 1 is 1.31 bits per heavy atom. The number of fused-ring (bicyclic) bond motifs is 1. The zero-order valence-electron chi connectivity index (χ0n) is 11.1. The van der Waals surface area contributed by atoms with Gasteiger partial charge in [-0.25, -0.2) is 0 Å². The summed E-state index contributed by atoms with van der Waals surface area (Å²) in [5, 5.41) is 0. The number of likely N-dealkylation sites (tertiary alicyclic amines) is 1. The lowest BCUT2D eigenvalue weighted by Crippen LogP contribution is -2.51. The molecule has 1 saturated carbocycles. The molecule has 2 fully saturated rings. The van der Waals surface area contributed by atoms with Gasteiger partial charge in [0.2, 0.25) is 0 Å². The van der Waals surface area contributed by atoms with E-state index < -0.39 is 0 Å². The number of rotatable bonds is 2. The molecular weight excluding hydrogens is 198 g/mol. The molecule has 0 radical (unpaired) electrons. The zero-order chi connectivity index (χ0) is 11.9. The Kier molecular flexibility index (Phi) is 3.13. The number of carbonyl (C=O) groups excluding carboxylic acids is 1. The molecular formula is C14H25NO. The molecule has 0 aromatic heterocycles. The molecule has 0 aromatic rings. The Morgan fingerprint density at radius 3 is 2.56 bits per heavy atom. The summed E-state index contributed by atoms with van der Waals surface area (Å²) in [5.74, 6) is 1.24. The summed E-state index contributed by atoms with van der Waals surface area (Å²) in [7, 11) is 0. The Bertz CT molecular complexity index is 279. The number of nitrogens with zero attached hydrogens (tertiary/aromatic N) is 1. The average molecular weight is 223 g/mol. The SMILES string of the molecule is CCC(=O)[C@@H]1C[C@@H]2CCC[C@@H]2N1C(C)(C)C. The van der Waals surface area contributed by atoms with E-state index in [1.165, 1.54) is 19.3 Å². The van der Waals surface area contributed by atoms with Crippen LogP contribution >= 0.6 is 0 Å². The minimum absolute atomic E-state index is 0.138. The van der Waals surface area contributed by atoms with E-state index >= 15 is 0 Å². The van der Waals surface area contributed by atoms with E-state index in [1.807, 2.05) is 6.92 Å². The van der Waals surface area contributed by atoms with Crippen LogP contribution in [0.1, 0.15) is 59.8 Å². The van der Waals surface area contributed by atoms with Gasteiger partial charge in [-0.2, -0.15) is 0 Å². The molecule has 2 aliphatic rings. The van der Waals surface area contributed by atoms with Crippen molar-refractivity contribution in [2.75, 3.05) is 0 Å². The van der Waals surface area contributed by atoms with E-state index in [0.29, 0.717) is 18.2 Å². The third kappa shape index (κ3) is 1.92. The first-order chi connectivity index (χ1) is 7.45. The van der Waals surface area contributed by atoms with Gasteiger partial charge in [0.25, 0.3) is 0 Å². The van der Waals surface area contributed by atoms with E-state index in [9.17, 15) is 4.79 Å². The Morgan fingerprint density at radius 2 is 2.00 bits per heavy atom. The summed E-state index contributed by atoms with van der Waals surface area (Å²) in [6.07, 6.45) is 5.81. The first-order valence-corrected chi connectivity index (χ1v) is 6.76. The van der Waals surface area contributed by atoms with Crippen LogP contribution in [0, 0.1) is 5.92 Å². The second-order valence-electron chi connectivity index (χ2n) is 6.41. The smallest absolute Gasteiger partial charge is 0.149 e. The van der Waals surface area contributed by atoms with E-state index in [1.54, 1.807) is 0 Å². The quantitative estimate of drug-likeness (QED) is 0.717. The van der Waals surface area contributed by atoms with Gasteiger partial charge >= 0.3 is 0 Å². The molecule has 0 N–H and O–H groups in total. The molecule has 2 heteroatoms. The molecule has 0 spiro atoms. The van der Waals surface area contributed by atoms with Crippen molar-refractivity contribution in [3.05, 3.63) is 0 Å². The van der Waals surface area contributed by atoms with Crippen LogP contribution in [0.5, 0.6) is 0 Å². The lowest BCUT2D eigenvalue weighted by molar-refractivity contribution is -0.125. The van der Waals surface area contributed by atoms with Crippen LogP contribution in [0.2, 0.25) is 0 Å². The highest BCUT2D eigenvalue weighted by Gasteiger charge is 2.49. The summed E-state index contributed by atoms with van der Waals surface area (Å²) in [5.41, 5.74) is 0.138. The van der Waals surface area contributed by atoms with Crippen LogP contribution in [0.3, 0.4) is 0 Å². The van der Waals surface area contributed by atoms with Crippen molar-refractivity contribution in [1.82, 2.24) is 4.90 Å². The van der Waals surface area contributed by atoms with Crippen molar-refractivity contribution in [2.24, 2.45) is 5.92 Å². The van der Waals surface area contributed by atoms with Gasteiger partial charge in [-0.3, -0.25) is 9.69 Å². The average Bonchev–Trinajstić information content (AvgIpc) is 2.72. The Balaban J connectivity index is 2.23. The molecule has 0 unspecified atom stereocenters. The van der Waals surface area contributed by atoms with Crippen molar-refractivity contribution in [2.45, 2.75) is 77.4 Å². The second-order valence-corrected chi connectivity index (χ2v) is 6.41. The third-order valence-corrected chi connectivity index (χ3v) is 4.33. The van der Waals surface area contributed by atoms with Crippen LogP contribution < -0.4 is 0 Å². The topological polar surface area (TPSA) is 20.3 Å². The van der Waals surface area contributed by atoms with Gasteiger partial charge in [-0.05, 0) is 46.0 Å². The standard InChI is InChI=1S/C14H25NO/c1-5-13(16)12-9-10-7-6-8-11(10)15(12)14(2,3)4/h10-12H,5-9H2,1-4H3/t10-,11-,12-/m0/s1. The lowest BCUT2D eigenvalue weighted by atomic mass is 9.99. The van der Waals surface area contributed by atoms with E-state index in [4.69, 9.17) is 0 Å². The van der Waals surface area contributed by atoms with Crippen molar-refractivity contribution in [1.29, 1.82) is 0 Å². The van der Waals surface area contributed by atoms with Crippen molar-refractivity contribution < 1.29 is 4.79 Å². The van der Waals surface area contributed by atoms with Crippen LogP contribution in [-0.4, -0.2) is 28.3 Å². The highest BCUT2D eigenvalue weighted by Crippen LogP contribution is 2.44. The van der Waals surface area contributed by atoms with Gasteiger partial charge in [0.15, 0.2) is 0 Å². The molecule has 1 saturated heterocycles. The molecule has 0 amide bonds. The largest absolute Gasteiger partial charge is 0.298 e. The summed E-state index contributed by atoms with van der Waals surface area (Å²) in [6.45, 7) is 8.76. The Labute approximate surface area is 99.4 Å². The molecule has 0 bridgehead atoms. The molecule has 2 nitrogen and oxygen atoms in total. The van der Waals surface area contributed by atoms with Gasteiger partial charge in [0, 0.05) is 18.0 Å². The molecule has 16 heavy (non-hydrogen) atoms. The number of hydrogen-bond donors (Lipinski definition) is 0. The molecule has 92 valence electrons. The van der Waals surface area contributed by atoms with Gasteiger partial charge in [-0.15, -0.1) is 0 Å². The summed E-state index contributed by atoms with van der Waals surface area (Å²) < 4.78 is 0. The first-order valence-electron chi connectivity index (χ1n) is 6.76. The van der Waals surface area contributed by atoms with Crippen molar-refractivity contribution in [3.8, 4) is 0 Å². The third-order valence-electron chi connectivity index (χ3n) is 4.33. The molecule has 1 aliphatic heterocycles. The fraction of sp³-hybridized carbons (Fsp3) is 0.929. The van der Waals surface area contributed by atoms with Gasteiger partial charge < -0.3 is 0 Å². The van der Waals surface area contributed by atoms with Gasteiger partial charge in [0.05, 0.1) is 6.04 Å². The van der Waals surface area contributed by atoms with E-state index in [2.05, 4.69) is 25.7 Å². The molecule has 2 rings (SSSR count). The summed E-state index contributed by atoms with van der Waals surface area (Å²) >= 11 is 0. The minimum Gasteiger partial charge on any atom is -0.298 e. The maximum atomic E-state index is 12.1. The number of carbonyl (C=O) groups is 1. The number of hydrogen-bond acceptors (Lipinski definition) is 2. The zero-order valence-corrected chi connectivity index (χ0v) is 11.1. The molecule has 1 aliphatic carbocycles. The highest BCUT2D eigenvalue weighted by atomic mass is 16.1. The molecule has 1 heterocycles. The maximum Gasteiger partial charge on any atom is 0.149 e. The van der Waals surface area contributed by atoms with Gasteiger partial charge in [0.1, 0.15) is 5.78 Å². The summed E-state index contributed by atoms with van der Waals surface area (Å²) in [4.78, 5) is 14.6. The van der Waals surface area contributed by atoms with Crippen LogP contribution in [0.15, 0.2) is 0 Å². The van der Waals surface area contributed by atoms with Gasteiger partial charge in [-0.1, -0.05) is 13.3 Å². The predicted molar refractivity (Wildman–Crippen MR) is 66.4 cm³/mol. The van der Waals surface area contributed by atoms with E-state index in [-0.39, 0.29) is 11.6 Å². The monoisotopic (exact) mass is 223 g/mol. The second kappa shape index (κ2) is 4.14. The first kappa shape index (κ1) is 12.1. The molecule has 0 aromatic carbocycles. The molecule has 3 atom stereocenters. The summed E-state index contributed by atoms with van der Waals surface area (Å²) in [6, 6.07) is 0.890. The Hall–Kier alpha value is -0.370.